The number of nitrogens with two attached hydrogens (primary N) is 1. The molecule has 2 aliphatic carbocycles. The second kappa shape index (κ2) is 19.2. The number of hydrogen-bond acceptors (Lipinski definition) is 9. The molecule has 3 N–H and O–H groups in total. The molecule has 334 valence electrons. The summed E-state index contributed by atoms with van der Waals surface area (Å²) in [4.78, 5) is 63.1. The largest absolute Gasteiger partial charge is 0.772 e. The minimum Gasteiger partial charge on any atom is -0.772 e. The molecule has 5 aliphatic rings. The van der Waals surface area contributed by atoms with Gasteiger partial charge in [0.05, 0.1) is 30.8 Å². The van der Waals surface area contributed by atoms with Gasteiger partial charge in [-0.1, -0.05) is 66.4 Å². The van der Waals surface area contributed by atoms with E-state index in [1.54, 1.807) is 19.2 Å². The second-order valence-electron chi connectivity index (χ2n) is 17.0. The summed E-state index contributed by atoms with van der Waals surface area (Å²) in [7, 11) is 1.57. The Labute approximate surface area is 361 Å². The molecule has 2 saturated heterocycles. The van der Waals surface area contributed by atoms with E-state index < -0.39 is 64.5 Å². The lowest BCUT2D eigenvalue weighted by Crippen LogP contribution is -2.55. The van der Waals surface area contributed by atoms with Gasteiger partial charge in [0.2, 0.25) is 23.6 Å². The van der Waals surface area contributed by atoms with Crippen LogP contribution in [-0.4, -0.2) is 103 Å². The van der Waals surface area contributed by atoms with Crippen molar-refractivity contribution in [2.24, 2.45) is 23.5 Å². The van der Waals surface area contributed by atoms with Crippen LogP contribution >= 0.6 is 0 Å². The Balaban J connectivity index is 0.000000887. The van der Waals surface area contributed by atoms with Gasteiger partial charge in [0.25, 0.3) is 0 Å². The predicted octanol–water partition coefficient (Wildman–Crippen LogP) is 5.97. The summed E-state index contributed by atoms with van der Waals surface area (Å²) in [5.74, 6) is -3.41. The van der Waals surface area contributed by atoms with E-state index in [1.807, 2.05) is 54.6 Å². The fraction of sp³-hybridized carbons (Fsp3) is 0.533. The molecule has 6 atom stereocenters. The third kappa shape index (κ3) is 10.6. The molecule has 4 fully saturated rings. The molecule has 13 nitrogen and oxygen atoms in total. The van der Waals surface area contributed by atoms with E-state index in [0.29, 0.717) is 47.4 Å². The summed E-state index contributed by atoms with van der Waals surface area (Å²) >= 11 is -1.76. The van der Waals surface area contributed by atoms with Gasteiger partial charge in [0.15, 0.2) is 0 Å². The monoisotopic (exact) mass is 880 g/mol. The lowest BCUT2D eigenvalue weighted by Gasteiger charge is -2.34. The highest BCUT2D eigenvalue weighted by atomic mass is 32.2. The third-order valence-corrected chi connectivity index (χ3v) is 13.7. The lowest BCUT2D eigenvalue weighted by atomic mass is 9.92. The number of fused-ring (bicyclic) bond motifs is 3. The van der Waals surface area contributed by atoms with Crippen LogP contribution in [0.15, 0.2) is 66.7 Å². The van der Waals surface area contributed by atoms with Gasteiger partial charge in [-0.05, 0) is 63.5 Å². The number of nitrogens with one attached hydrogen (secondary N) is 1. The number of ether oxygens (including phenoxy) is 2. The first kappa shape index (κ1) is 45.0. The van der Waals surface area contributed by atoms with Gasteiger partial charge in [-0.15, -0.1) is 0 Å². The van der Waals surface area contributed by atoms with Crippen molar-refractivity contribution in [3.05, 3.63) is 66.7 Å². The number of piperidine rings is 1. The fourth-order valence-electron chi connectivity index (χ4n) is 8.72. The number of halogens is 3. The van der Waals surface area contributed by atoms with Crippen LogP contribution in [-0.2, 0) is 30.3 Å². The van der Waals surface area contributed by atoms with Gasteiger partial charge in [-0.2, -0.15) is 13.2 Å². The zero-order valence-electron chi connectivity index (χ0n) is 34.6. The van der Waals surface area contributed by atoms with Crippen LogP contribution in [0.3, 0.4) is 0 Å². The van der Waals surface area contributed by atoms with E-state index in [-0.39, 0.29) is 62.4 Å². The number of carbonyl (C=O) groups excluding carboxylic acids is 4. The summed E-state index contributed by atoms with van der Waals surface area (Å²) in [6.07, 6.45) is 3.94. The Bertz CT molecular complexity index is 2180. The highest BCUT2D eigenvalue weighted by Gasteiger charge is 2.60. The minimum atomic E-state index is -4.32. The van der Waals surface area contributed by atoms with Gasteiger partial charge in [-0.3, -0.25) is 23.4 Å². The summed E-state index contributed by atoms with van der Waals surface area (Å²) in [6, 6.07) is 15.8. The number of benzene rings is 2. The number of alkyl halides is 3. The number of hydrogen-bond donors (Lipinski definition) is 2. The molecule has 17 heteroatoms. The van der Waals surface area contributed by atoms with Gasteiger partial charge in [0.1, 0.15) is 29.2 Å². The average Bonchev–Trinajstić information content (AvgIpc) is 4.19. The average molecular weight is 881 g/mol. The first-order chi connectivity index (χ1) is 29.7. The van der Waals surface area contributed by atoms with Crippen LogP contribution < -0.4 is 20.5 Å². The summed E-state index contributed by atoms with van der Waals surface area (Å²) < 4.78 is 71.8. The van der Waals surface area contributed by atoms with Crippen molar-refractivity contribution in [2.75, 3.05) is 26.7 Å². The van der Waals surface area contributed by atoms with E-state index in [9.17, 15) is 41.1 Å². The maximum absolute atomic E-state index is 14.7. The van der Waals surface area contributed by atoms with Crippen LogP contribution in [0, 0.1) is 17.8 Å². The number of primary amides is 1. The molecule has 1 unspecified atom stereocenters. The number of carbonyl (C=O) groups is 4. The lowest BCUT2D eigenvalue weighted by molar-refractivity contribution is -0.186. The van der Waals surface area contributed by atoms with Crippen LogP contribution in [0.25, 0.3) is 22.2 Å². The molecule has 4 amide bonds. The van der Waals surface area contributed by atoms with Crippen molar-refractivity contribution < 1.29 is 50.6 Å². The van der Waals surface area contributed by atoms with Gasteiger partial charge in [0, 0.05) is 66.1 Å². The van der Waals surface area contributed by atoms with Crippen molar-refractivity contribution in [3.63, 3.8) is 0 Å². The van der Waals surface area contributed by atoms with Gasteiger partial charge < -0.3 is 34.9 Å². The molecule has 4 heterocycles. The molecular formula is C45H53F3N5O8S-. The predicted molar refractivity (Wildman–Crippen MR) is 224 cm³/mol. The Kier molecular flexibility index (Phi) is 13.9. The fourth-order valence-corrected chi connectivity index (χ4v) is 9.24. The molecule has 2 saturated carbocycles. The molecule has 0 radical (unpaired) electrons. The van der Waals surface area contributed by atoms with Gasteiger partial charge in [-0.25, -0.2) is 4.98 Å². The minimum absolute atomic E-state index is 0.0185. The number of amides is 4. The Morgan fingerprint density at radius 3 is 2.40 bits per heavy atom. The molecule has 1 aromatic heterocycles. The van der Waals surface area contributed by atoms with Crippen LogP contribution in [0.1, 0.15) is 77.0 Å². The Morgan fingerprint density at radius 1 is 1.02 bits per heavy atom. The number of methoxy groups -OCH3 is 1. The van der Waals surface area contributed by atoms with Gasteiger partial charge >= 0.3 is 6.18 Å². The van der Waals surface area contributed by atoms with Crippen molar-refractivity contribution in [2.45, 2.75) is 106 Å². The van der Waals surface area contributed by atoms with E-state index in [1.165, 1.54) is 9.80 Å². The third-order valence-electron chi connectivity index (χ3n) is 12.7. The van der Waals surface area contributed by atoms with E-state index in [2.05, 4.69) is 5.32 Å². The van der Waals surface area contributed by atoms with E-state index >= 15 is 0 Å². The topological polar surface area (TPSA) is 184 Å². The zero-order chi connectivity index (χ0) is 44.2. The highest BCUT2D eigenvalue weighted by Crippen LogP contribution is 2.45. The van der Waals surface area contributed by atoms with Crippen molar-refractivity contribution in [1.82, 2.24) is 20.1 Å². The molecule has 3 aliphatic heterocycles. The van der Waals surface area contributed by atoms with E-state index in [0.717, 1.165) is 37.7 Å². The molecular weight excluding hydrogens is 828 g/mol. The van der Waals surface area contributed by atoms with Crippen molar-refractivity contribution in [3.8, 4) is 22.8 Å². The maximum atomic E-state index is 14.7. The summed E-state index contributed by atoms with van der Waals surface area (Å²) in [5, 5.41) is 3.62. The number of aromatic nitrogens is 1. The summed E-state index contributed by atoms with van der Waals surface area (Å²) in [5.41, 5.74) is 6.72. The van der Waals surface area contributed by atoms with Crippen molar-refractivity contribution >= 4 is 45.6 Å². The van der Waals surface area contributed by atoms with E-state index in [4.69, 9.17) is 20.2 Å². The first-order valence-corrected chi connectivity index (χ1v) is 22.5. The number of allylic oxidation sites excluding steroid dienone is 1. The standard InChI is InChI=1S/C42H48F3N5O6.C3H6O2S/c1-55-30-14-15-32-34(21-30)47-33(26-10-7-5-8-11-26)23-36(32)56-31-22-35-38(52)48-41(40(46)54)24-29(41)13-9-4-2-3-6-12-27(39(53)50(35)25-31)20-37(51)49-18-16-28(17-19-49)42(43,44)45;4-6(5)3-1-2-3/h5,7-11,13-15,21,23,27-29,31,35H,2-4,6,12,16-20,22,24-25H2,1H3,(H2,46,54)(H,48,52);3H,1-2H2,(H,4,5)/p-1/b13-9-;/t27-,29-,31-,35+,41-;/m1./s1. The zero-order valence-corrected chi connectivity index (χ0v) is 35.5. The quantitative estimate of drug-likeness (QED) is 0.203. The molecule has 8 rings (SSSR count). The Morgan fingerprint density at radius 2 is 1.76 bits per heavy atom. The van der Waals surface area contributed by atoms with Crippen molar-refractivity contribution in [1.29, 1.82) is 0 Å². The summed E-state index contributed by atoms with van der Waals surface area (Å²) in [6.45, 7) is -0.0475. The molecule has 3 aromatic rings. The SMILES string of the molecule is COc1ccc2c(O[C@@H]3C[C@H]4C(=O)N[C@]5(C(N)=O)C[C@H]5/C=C\CCCCC[C@H](CC(=O)N5CCC(C(F)(F)F)CC5)C(=O)N4C3)cc(-c3ccccc3)nc2c1.O=S([O-])C1CC1. The molecule has 0 spiro atoms. The van der Waals surface area contributed by atoms with Crippen LogP contribution in [0.5, 0.6) is 11.5 Å². The number of likely N-dealkylation sites (tertiary alicyclic amines) is 1. The number of pyridine rings is 1. The number of nitrogens with zero attached hydrogens (tertiary/aromatic N) is 3. The van der Waals surface area contributed by atoms with Crippen LogP contribution in [0.4, 0.5) is 13.2 Å². The highest BCUT2D eigenvalue weighted by molar-refractivity contribution is 7.80. The first-order valence-electron chi connectivity index (χ1n) is 21.4. The second-order valence-corrected chi connectivity index (χ2v) is 18.2. The Hall–Kier alpha value is -5.03. The van der Waals surface area contributed by atoms with Crippen LogP contribution in [0.2, 0.25) is 0 Å². The molecule has 0 bridgehead atoms. The molecule has 2 aromatic carbocycles. The maximum Gasteiger partial charge on any atom is 0.391 e. The normalized spacial score (nSPS) is 27.0. The number of rotatable bonds is 8. The smallest absolute Gasteiger partial charge is 0.391 e. The molecule has 62 heavy (non-hydrogen) atoms.